The summed E-state index contributed by atoms with van der Waals surface area (Å²) in [5.41, 5.74) is 3.93. The first kappa shape index (κ1) is 20.4. The van der Waals surface area contributed by atoms with Crippen LogP contribution in [-0.4, -0.2) is 17.8 Å². The van der Waals surface area contributed by atoms with Crippen LogP contribution in [0.25, 0.3) is 10.8 Å². The molecule has 4 aromatic carbocycles. The van der Waals surface area contributed by atoms with Gasteiger partial charge in [0.05, 0.1) is 29.4 Å². The minimum Gasteiger partial charge on any atom is -0.496 e. The second kappa shape index (κ2) is 7.98. The summed E-state index contributed by atoms with van der Waals surface area (Å²) in [5, 5.41) is 10.5. The Hall–Kier alpha value is -3.21. The van der Waals surface area contributed by atoms with Crippen molar-refractivity contribution < 1.29 is 9.47 Å². The van der Waals surface area contributed by atoms with Crippen molar-refractivity contribution in [3.63, 3.8) is 0 Å². The molecule has 2 heterocycles. The second-order valence-corrected chi connectivity index (χ2v) is 9.07. The molecule has 4 nitrogen and oxygen atoms in total. The molecule has 164 valence electrons. The van der Waals surface area contributed by atoms with Gasteiger partial charge in [-0.3, -0.25) is 0 Å². The van der Waals surface area contributed by atoms with Gasteiger partial charge in [0.15, 0.2) is 0 Å². The summed E-state index contributed by atoms with van der Waals surface area (Å²) in [6, 6.07) is 26.2. The van der Waals surface area contributed by atoms with E-state index in [1.54, 1.807) is 13.2 Å². The Morgan fingerprint density at radius 2 is 1.70 bits per heavy atom. The summed E-state index contributed by atoms with van der Waals surface area (Å²) in [6.07, 6.45) is 0.243. The smallest absolute Gasteiger partial charge is 0.217 e. The summed E-state index contributed by atoms with van der Waals surface area (Å²) in [6.45, 7) is 0. The van der Waals surface area contributed by atoms with E-state index in [4.69, 9.17) is 37.8 Å². The van der Waals surface area contributed by atoms with Crippen molar-refractivity contribution in [2.75, 3.05) is 7.11 Å². The minimum atomic E-state index is -0.477. The standard InChI is InChI=1S/C27H20Cl2N2O2/c1-32-25-9-5-4-8-20(25)27-31-24(21-13-19(28)14-22(29)26(21)33-27)15-23(30-31)18-11-10-16-6-2-3-7-17(16)12-18/h2-14,24,27H,15H2,1H3/t24-,27-/m0/s1. The predicted molar refractivity (Wildman–Crippen MR) is 133 cm³/mol. The minimum absolute atomic E-state index is 0.0543. The molecule has 0 saturated heterocycles. The Labute approximate surface area is 201 Å². The average molecular weight is 475 g/mol. The summed E-state index contributed by atoms with van der Waals surface area (Å²) < 4.78 is 12.1. The fourth-order valence-corrected chi connectivity index (χ4v) is 5.29. The molecule has 2 atom stereocenters. The van der Waals surface area contributed by atoms with E-state index in [1.165, 1.54) is 10.8 Å². The van der Waals surface area contributed by atoms with Crippen LogP contribution < -0.4 is 9.47 Å². The fourth-order valence-electron chi connectivity index (χ4n) is 4.73. The quantitative estimate of drug-likeness (QED) is 0.310. The highest BCUT2D eigenvalue weighted by atomic mass is 35.5. The van der Waals surface area contributed by atoms with Crippen molar-refractivity contribution in [3.8, 4) is 11.5 Å². The van der Waals surface area contributed by atoms with Crippen LogP contribution in [0.2, 0.25) is 10.0 Å². The number of hydrogen-bond donors (Lipinski definition) is 0. The molecule has 2 aliphatic rings. The zero-order valence-electron chi connectivity index (χ0n) is 17.8. The lowest BCUT2D eigenvalue weighted by atomic mass is 9.95. The van der Waals surface area contributed by atoms with E-state index in [-0.39, 0.29) is 6.04 Å². The lowest BCUT2D eigenvalue weighted by Crippen LogP contribution is -2.34. The van der Waals surface area contributed by atoms with E-state index >= 15 is 0 Å². The van der Waals surface area contributed by atoms with Crippen molar-refractivity contribution in [1.29, 1.82) is 0 Å². The number of hydrazone groups is 1. The molecule has 0 spiro atoms. The Morgan fingerprint density at radius 1 is 0.909 bits per heavy atom. The van der Waals surface area contributed by atoms with Crippen LogP contribution in [0.5, 0.6) is 11.5 Å². The number of rotatable bonds is 3. The van der Waals surface area contributed by atoms with Crippen molar-refractivity contribution in [3.05, 3.63) is 106 Å². The van der Waals surface area contributed by atoms with Crippen LogP contribution in [-0.2, 0) is 0 Å². The number of benzene rings is 4. The van der Waals surface area contributed by atoms with Crippen LogP contribution in [0.4, 0.5) is 0 Å². The van der Waals surface area contributed by atoms with E-state index in [9.17, 15) is 0 Å². The topological polar surface area (TPSA) is 34.1 Å². The monoisotopic (exact) mass is 474 g/mol. The molecule has 0 radical (unpaired) electrons. The van der Waals surface area contributed by atoms with Crippen molar-refractivity contribution >= 4 is 39.7 Å². The lowest BCUT2D eigenvalue weighted by molar-refractivity contribution is -0.0202. The van der Waals surface area contributed by atoms with E-state index in [1.807, 2.05) is 35.3 Å². The molecule has 0 unspecified atom stereocenters. The number of ether oxygens (including phenoxy) is 2. The summed E-state index contributed by atoms with van der Waals surface area (Å²) >= 11 is 13.0. The molecule has 2 aliphatic heterocycles. The van der Waals surface area contributed by atoms with E-state index < -0.39 is 6.23 Å². The molecule has 0 fully saturated rings. The molecule has 6 rings (SSSR count). The van der Waals surface area contributed by atoms with Gasteiger partial charge in [0.25, 0.3) is 0 Å². The first-order valence-corrected chi connectivity index (χ1v) is 11.5. The highest BCUT2D eigenvalue weighted by molar-refractivity contribution is 6.35. The number of methoxy groups -OCH3 is 1. The molecule has 33 heavy (non-hydrogen) atoms. The second-order valence-electron chi connectivity index (χ2n) is 8.23. The lowest BCUT2D eigenvalue weighted by Gasteiger charge is -2.39. The van der Waals surface area contributed by atoms with Crippen LogP contribution in [0, 0.1) is 0 Å². The Kier molecular flexibility index (Phi) is 4.93. The zero-order chi connectivity index (χ0) is 22.5. The van der Waals surface area contributed by atoms with E-state index in [0.29, 0.717) is 15.8 Å². The predicted octanol–water partition coefficient (Wildman–Crippen LogP) is 7.40. The van der Waals surface area contributed by atoms with E-state index in [2.05, 4.69) is 42.5 Å². The Bertz CT molecular complexity index is 1420. The highest BCUT2D eigenvalue weighted by Crippen LogP contribution is 2.51. The van der Waals surface area contributed by atoms with Gasteiger partial charge < -0.3 is 9.47 Å². The zero-order valence-corrected chi connectivity index (χ0v) is 19.3. The third kappa shape index (κ3) is 3.41. The summed E-state index contributed by atoms with van der Waals surface area (Å²) in [4.78, 5) is 0. The number of halogens is 2. The highest BCUT2D eigenvalue weighted by Gasteiger charge is 2.43. The molecule has 0 amide bonds. The summed E-state index contributed by atoms with van der Waals surface area (Å²) in [7, 11) is 1.66. The van der Waals surface area contributed by atoms with Gasteiger partial charge in [-0.2, -0.15) is 5.10 Å². The molecule has 0 N–H and O–H groups in total. The third-order valence-corrected chi connectivity index (χ3v) is 6.79. The van der Waals surface area contributed by atoms with Crippen LogP contribution in [0.1, 0.15) is 35.4 Å². The van der Waals surface area contributed by atoms with Crippen molar-refractivity contribution in [2.24, 2.45) is 5.10 Å². The molecular formula is C27H20Cl2N2O2. The molecule has 0 bridgehead atoms. The number of fused-ring (bicyclic) bond motifs is 4. The van der Waals surface area contributed by atoms with Gasteiger partial charge in [-0.25, -0.2) is 5.01 Å². The normalized spacial score (nSPS) is 19.0. The van der Waals surface area contributed by atoms with Gasteiger partial charge in [-0.15, -0.1) is 0 Å². The number of nitrogens with zero attached hydrogens (tertiary/aromatic N) is 2. The molecule has 0 aliphatic carbocycles. The van der Waals surface area contributed by atoms with E-state index in [0.717, 1.165) is 34.6 Å². The molecule has 0 aromatic heterocycles. The van der Waals surface area contributed by atoms with Crippen molar-refractivity contribution in [1.82, 2.24) is 5.01 Å². The van der Waals surface area contributed by atoms with Gasteiger partial charge in [0, 0.05) is 17.0 Å². The average Bonchev–Trinajstić information content (AvgIpc) is 3.29. The first-order chi connectivity index (χ1) is 16.1. The van der Waals surface area contributed by atoms with Gasteiger partial charge in [-0.1, -0.05) is 71.7 Å². The summed E-state index contributed by atoms with van der Waals surface area (Å²) in [5.74, 6) is 1.39. The molecular weight excluding hydrogens is 455 g/mol. The largest absolute Gasteiger partial charge is 0.496 e. The Balaban J connectivity index is 1.49. The third-order valence-electron chi connectivity index (χ3n) is 6.30. The Morgan fingerprint density at radius 3 is 2.55 bits per heavy atom. The van der Waals surface area contributed by atoms with Crippen LogP contribution >= 0.6 is 23.2 Å². The SMILES string of the molecule is COc1ccccc1[C@@H]1Oc2c(Cl)cc(Cl)cc2[C@@H]2CC(c3ccc4ccccc4c3)=NN21. The maximum atomic E-state index is 6.59. The fraction of sp³-hybridized carbons (Fsp3) is 0.148. The maximum absolute atomic E-state index is 6.59. The number of para-hydroxylation sites is 1. The number of hydrogen-bond acceptors (Lipinski definition) is 4. The maximum Gasteiger partial charge on any atom is 0.217 e. The van der Waals surface area contributed by atoms with Crippen molar-refractivity contribution in [2.45, 2.75) is 18.7 Å². The van der Waals surface area contributed by atoms with Gasteiger partial charge in [-0.05, 0) is 46.7 Å². The first-order valence-electron chi connectivity index (χ1n) is 10.8. The van der Waals surface area contributed by atoms with Gasteiger partial charge in [0.1, 0.15) is 11.5 Å². The molecule has 4 aromatic rings. The molecule has 0 saturated carbocycles. The van der Waals surface area contributed by atoms with Crippen LogP contribution in [0.3, 0.4) is 0 Å². The van der Waals surface area contributed by atoms with Gasteiger partial charge in [0.2, 0.25) is 6.23 Å². The molecule has 6 heteroatoms. The van der Waals surface area contributed by atoms with Gasteiger partial charge >= 0.3 is 0 Å². The van der Waals surface area contributed by atoms with Crippen LogP contribution in [0.15, 0.2) is 84.0 Å².